The minimum atomic E-state index is 0.546. The molecule has 21 heavy (non-hydrogen) atoms. The topological polar surface area (TPSA) is 39.2 Å². The monoisotopic (exact) mass is 320 g/mol. The van der Waals surface area contributed by atoms with Gasteiger partial charge in [0, 0.05) is 6.07 Å². The Morgan fingerprint density at radius 2 is 1.95 bits per heavy atom. The highest BCUT2D eigenvalue weighted by molar-refractivity contribution is 7.71. The number of hydrogen-bond acceptors (Lipinski definition) is 3. The summed E-state index contributed by atoms with van der Waals surface area (Å²) in [5.41, 5.74) is 2.49. The van der Waals surface area contributed by atoms with Crippen LogP contribution in [0.25, 0.3) is 16.7 Å². The summed E-state index contributed by atoms with van der Waals surface area (Å²) in [6.45, 7) is 0. The van der Waals surface area contributed by atoms with Gasteiger partial charge in [-0.25, -0.2) is 0 Å². The van der Waals surface area contributed by atoms with E-state index in [1.54, 1.807) is 14.2 Å². The van der Waals surface area contributed by atoms with E-state index in [0.29, 0.717) is 15.5 Å². The molecule has 0 fully saturated rings. The molecule has 2 aromatic carbocycles. The number of hydrogen-bond donors (Lipinski definition) is 1. The minimum Gasteiger partial charge on any atom is -0.497 e. The van der Waals surface area contributed by atoms with Gasteiger partial charge in [0.2, 0.25) is 0 Å². The molecule has 0 aliphatic heterocycles. The van der Waals surface area contributed by atoms with Crippen molar-refractivity contribution in [3.8, 4) is 17.2 Å². The molecule has 0 unspecified atom stereocenters. The molecule has 0 amide bonds. The number of methoxy groups -OCH3 is 2. The molecule has 0 saturated heterocycles. The van der Waals surface area contributed by atoms with Crippen molar-refractivity contribution in [2.75, 3.05) is 14.2 Å². The predicted octanol–water partition coefficient (Wildman–Crippen LogP) is 4.36. The van der Waals surface area contributed by atoms with Crippen LogP contribution in [0.5, 0.6) is 11.5 Å². The molecule has 6 heteroatoms. The van der Waals surface area contributed by atoms with Crippen LogP contribution >= 0.6 is 23.8 Å². The van der Waals surface area contributed by atoms with Crippen LogP contribution in [0, 0.1) is 4.77 Å². The van der Waals surface area contributed by atoms with E-state index in [-0.39, 0.29) is 0 Å². The van der Waals surface area contributed by atoms with Crippen LogP contribution in [0.3, 0.4) is 0 Å². The highest BCUT2D eigenvalue weighted by Crippen LogP contribution is 2.32. The zero-order valence-corrected chi connectivity index (χ0v) is 13.1. The number of nitrogens with zero attached hydrogens (tertiary/aromatic N) is 1. The largest absolute Gasteiger partial charge is 0.497 e. The van der Waals surface area contributed by atoms with Crippen LogP contribution in [-0.4, -0.2) is 23.8 Å². The Hall–Kier alpha value is -1.98. The minimum absolute atomic E-state index is 0.546. The van der Waals surface area contributed by atoms with E-state index in [9.17, 15) is 0 Å². The summed E-state index contributed by atoms with van der Waals surface area (Å²) in [7, 11) is 3.24. The first kappa shape index (κ1) is 14.0. The lowest BCUT2D eigenvalue weighted by Gasteiger charge is -2.12. The SMILES string of the molecule is COc1ccc(OC)c(-n2c(=S)[nH]c3c(Cl)cccc32)c1. The number of imidazole rings is 1. The van der Waals surface area contributed by atoms with Gasteiger partial charge < -0.3 is 14.5 Å². The number of para-hydroxylation sites is 1. The van der Waals surface area contributed by atoms with Gasteiger partial charge in [0.1, 0.15) is 11.5 Å². The maximum Gasteiger partial charge on any atom is 0.182 e. The summed E-state index contributed by atoms with van der Waals surface area (Å²) in [4.78, 5) is 3.13. The second kappa shape index (κ2) is 5.42. The lowest BCUT2D eigenvalue weighted by Crippen LogP contribution is -1.99. The van der Waals surface area contributed by atoms with Crippen molar-refractivity contribution in [3.05, 3.63) is 46.2 Å². The first-order valence-corrected chi connectivity index (χ1v) is 7.06. The Balaban J connectivity index is 2.37. The molecular formula is C15H13ClN2O2S. The van der Waals surface area contributed by atoms with Gasteiger partial charge >= 0.3 is 0 Å². The zero-order valence-electron chi connectivity index (χ0n) is 11.5. The highest BCUT2D eigenvalue weighted by Gasteiger charge is 2.13. The molecule has 0 aliphatic carbocycles. The summed E-state index contributed by atoms with van der Waals surface area (Å²) in [5, 5.41) is 0.624. The van der Waals surface area contributed by atoms with Gasteiger partial charge in [-0.2, -0.15) is 0 Å². The third-order valence-corrected chi connectivity index (χ3v) is 3.89. The summed E-state index contributed by atoms with van der Waals surface area (Å²) in [5.74, 6) is 1.43. The van der Waals surface area contributed by atoms with Gasteiger partial charge in [-0.15, -0.1) is 0 Å². The first-order chi connectivity index (χ1) is 10.2. The third-order valence-electron chi connectivity index (χ3n) is 3.29. The van der Waals surface area contributed by atoms with E-state index in [1.165, 1.54) is 0 Å². The molecule has 108 valence electrons. The van der Waals surface area contributed by atoms with E-state index in [1.807, 2.05) is 41.0 Å². The number of ether oxygens (including phenoxy) is 2. The fraction of sp³-hybridized carbons (Fsp3) is 0.133. The second-order valence-electron chi connectivity index (χ2n) is 4.44. The van der Waals surface area contributed by atoms with Crippen LogP contribution < -0.4 is 9.47 Å². The molecule has 1 heterocycles. The molecule has 1 aromatic heterocycles. The molecule has 3 aromatic rings. The molecule has 3 rings (SSSR count). The first-order valence-electron chi connectivity index (χ1n) is 6.27. The summed E-state index contributed by atoms with van der Waals surface area (Å²) >= 11 is 11.6. The van der Waals surface area contributed by atoms with Crippen molar-refractivity contribution >= 4 is 34.9 Å². The van der Waals surface area contributed by atoms with Crippen LogP contribution in [0.15, 0.2) is 36.4 Å². The highest BCUT2D eigenvalue weighted by atomic mass is 35.5. The molecule has 0 radical (unpaired) electrons. The molecule has 0 bridgehead atoms. The number of aromatic nitrogens is 2. The Morgan fingerprint density at radius 1 is 1.14 bits per heavy atom. The zero-order chi connectivity index (χ0) is 15.0. The van der Waals surface area contributed by atoms with Gasteiger partial charge in [0.15, 0.2) is 4.77 Å². The van der Waals surface area contributed by atoms with Crippen molar-refractivity contribution in [2.45, 2.75) is 0 Å². The fourth-order valence-electron chi connectivity index (χ4n) is 2.31. The molecule has 0 spiro atoms. The van der Waals surface area contributed by atoms with Gasteiger partial charge in [0.25, 0.3) is 0 Å². The average molecular weight is 321 g/mol. The average Bonchev–Trinajstić information content (AvgIpc) is 2.84. The van der Waals surface area contributed by atoms with Gasteiger partial charge in [0.05, 0.1) is 36.0 Å². The van der Waals surface area contributed by atoms with E-state index < -0.39 is 0 Å². The number of H-pyrrole nitrogens is 1. The number of benzene rings is 2. The number of rotatable bonds is 3. The van der Waals surface area contributed by atoms with Gasteiger partial charge in [-0.05, 0) is 36.5 Å². The standard InChI is InChI=1S/C15H13ClN2O2S/c1-19-9-6-7-13(20-2)12(8-9)18-11-5-3-4-10(16)14(11)17-15(18)21/h3-8H,1-2H3,(H,17,21). The third kappa shape index (κ3) is 2.28. The number of aromatic amines is 1. The smallest absolute Gasteiger partial charge is 0.182 e. The van der Waals surface area contributed by atoms with Crippen LogP contribution in [0.4, 0.5) is 0 Å². The summed E-state index contributed by atoms with van der Waals surface area (Å²) < 4.78 is 13.2. The van der Waals surface area contributed by atoms with Crippen molar-refractivity contribution in [1.29, 1.82) is 0 Å². The van der Waals surface area contributed by atoms with Crippen LogP contribution in [-0.2, 0) is 0 Å². The van der Waals surface area contributed by atoms with Crippen molar-refractivity contribution < 1.29 is 9.47 Å². The normalized spacial score (nSPS) is 10.8. The van der Waals surface area contributed by atoms with Crippen molar-refractivity contribution in [1.82, 2.24) is 9.55 Å². The Bertz CT molecular complexity index is 870. The van der Waals surface area contributed by atoms with E-state index in [0.717, 1.165) is 22.5 Å². The lowest BCUT2D eigenvalue weighted by molar-refractivity contribution is 0.401. The quantitative estimate of drug-likeness (QED) is 0.729. The number of nitrogens with one attached hydrogen (secondary N) is 1. The van der Waals surface area contributed by atoms with E-state index in [2.05, 4.69) is 4.98 Å². The van der Waals surface area contributed by atoms with Crippen molar-refractivity contribution in [3.63, 3.8) is 0 Å². The van der Waals surface area contributed by atoms with Crippen LogP contribution in [0.2, 0.25) is 5.02 Å². The maximum atomic E-state index is 6.22. The van der Waals surface area contributed by atoms with Crippen LogP contribution in [0.1, 0.15) is 0 Å². The molecule has 0 saturated carbocycles. The lowest BCUT2D eigenvalue weighted by atomic mass is 10.2. The Kier molecular flexibility index (Phi) is 3.61. The molecule has 0 aliphatic rings. The number of fused-ring (bicyclic) bond motifs is 1. The summed E-state index contributed by atoms with van der Waals surface area (Å²) in [6.07, 6.45) is 0. The molecule has 1 N–H and O–H groups in total. The Morgan fingerprint density at radius 3 is 2.67 bits per heavy atom. The number of halogens is 1. The fourth-order valence-corrected chi connectivity index (χ4v) is 2.82. The Labute approximate surface area is 131 Å². The van der Waals surface area contributed by atoms with Gasteiger partial charge in [-0.3, -0.25) is 4.57 Å². The van der Waals surface area contributed by atoms with E-state index in [4.69, 9.17) is 33.3 Å². The van der Waals surface area contributed by atoms with Crippen molar-refractivity contribution in [2.24, 2.45) is 0 Å². The molecular weight excluding hydrogens is 308 g/mol. The summed E-state index contributed by atoms with van der Waals surface area (Å²) in [6, 6.07) is 11.2. The predicted molar refractivity (Wildman–Crippen MR) is 86.6 cm³/mol. The second-order valence-corrected chi connectivity index (χ2v) is 5.23. The molecule has 0 atom stereocenters. The van der Waals surface area contributed by atoms with Gasteiger partial charge in [-0.1, -0.05) is 17.7 Å². The molecule has 4 nitrogen and oxygen atoms in total. The maximum absolute atomic E-state index is 6.22. The van der Waals surface area contributed by atoms with E-state index >= 15 is 0 Å².